The summed E-state index contributed by atoms with van der Waals surface area (Å²) in [6.45, 7) is 2.42. The first kappa shape index (κ1) is 13.4. The number of rotatable bonds is 5. The molecule has 0 saturated carbocycles. The summed E-state index contributed by atoms with van der Waals surface area (Å²) >= 11 is 0. The lowest BCUT2D eigenvalue weighted by Crippen LogP contribution is -2.48. The minimum Gasteiger partial charge on any atom is -0.390 e. The summed E-state index contributed by atoms with van der Waals surface area (Å²) < 4.78 is 10.6. The summed E-state index contributed by atoms with van der Waals surface area (Å²) in [6.07, 6.45) is 1.08. The zero-order valence-corrected chi connectivity index (χ0v) is 10.6. The molecule has 5 heteroatoms. The van der Waals surface area contributed by atoms with Crippen LogP contribution < -0.4 is 5.32 Å². The highest BCUT2D eigenvalue weighted by atomic mass is 16.5. The molecule has 1 fully saturated rings. The zero-order chi connectivity index (χ0) is 12.8. The largest absolute Gasteiger partial charge is 0.390 e. The Bertz CT molecular complexity index is 347. The molecule has 3 atom stereocenters. The monoisotopic (exact) mass is 252 g/mol. The Labute approximate surface area is 107 Å². The van der Waals surface area contributed by atoms with Gasteiger partial charge in [-0.3, -0.25) is 4.98 Å². The third-order valence-electron chi connectivity index (χ3n) is 3.22. The SMILES string of the molecule is CO[C@@H]1COC[C@@H](CNCc2ccccn2)[C@@H]1O. The number of ether oxygens (including phenoxy) is 2. The zero-order valence-electron chi connectivity index (χ0n) is 10.6. The van der Waals surface area contributed by atoms with Gasteiger partial charge in [0.2, 0.25) is 0 Å². The quantitative estimate of drug-likeness (QED) is 0.783. The topological polar surface area (TPSA) is 63.6 Å². The van der Waals surface area contributed by atoms with Gasteiger partial charge in [-0.15, -0.1) is 0 Å². The third-order valence-corrected chi connectivity index (χ3v) is 3.22. The van der Waals surface area contributed by atoms with Gasteiger partial charge in [-0.05, 0) is 12.1 Å². The predicted octanol–water partition coefficient (Wildman–Crippen LogP) is 0.193. The van der Waals surface area contributed by atoms with Crippen LogP contribution in [0.3, 0.4) is 0 Å². The van der Waals surface area contributed by atoms with E-state index in [9.17, 15) is 5.11 Å². The van der Waals surface area contributed by atoms with Gasteiger partial charge in [0, 0.05) is 32.3 Å². The van der Waals surface area contributed by atoms with Crippen molar-refractivity contribution in [2.45, 2.75) is 18.8 Å². The van der Waals surface area contributed by atoms with Gasteiger partial charge >= 0.3 is 0 Å². The van der Waals surface area contributed by atoms with Crippen LogP contribution in [0.15, 0.2) is 24.4 Å². The number of nitrogens with one attached hydrogen (secondary N) is 1. The molecule has 1 aliphatic heterocycles. The molecule has 0 aromatic carbocycles. The lowest BCUT2D eigenvalue weighted by atomic mass is 9.96. The van der Waals surface area contributed by atoms with Crippen molar-refractivity contribution in [2.24, 2.45) is 5.92 Å². The van der Waals surface area contributed by atoms with Gasteiger partial charge in [0.1, 0.15) is 6.10 Å². The fourth-order valence-electron chi connectivity index (χ4n) is 2.11. The Balaban J connectivity index is 1.76. The maximum absolute atomic E-state index is 10.1. The first-order chi connectivity index (χ1) is 8.81. The molecule has 0 spiro atoms. The summed E-state index contributed by atoms with van der Waals surface area (Å²) in [5, 5.41) is 13.4. The smallest absolute Gasteiger partial charge is 0.107 e. The molecule has 2 heterocycles. The Morgan fingerprint density at radius 3 is 3.11 bits per heavy atom. The molecule has 0 bridgehead atoms. The lowest BCUT2D eigenvalue weighted by molar-refractivity contribution is -0.133. The van der Waals surface area contributed by atoms with Crippen molar-refractivity contribution in [2.75, 3.05) is 26.9 Å². The van der Waals surface area contributed by atoms with Crippen LogP contribution >= 0.6 is 0 Å². The van der Waals surface area contributed by atoms with Crippen molar-refractivity contribution >= 4 is 0 Å². The van der Waals surface area contributed by atoms with E-state index in [2.05, 4.69) is 10.3 Å². The molecule has 5 nitrogen and oxygen atoms in total. The molecule has 0 radical (unpaired) electrons. The standard InChI is InChI=1S/C13H20N2O3/c1-17-12-9-18-8-10(13(12)16)6-14-7-11-4-2-3-5-15-11/h2-5,10,12-14,16H,6-9H2,1H3/t10-,12-,13+/m1/s1. The van der Waals surface area contributed by atoms with E-state index < -0.39 is 6.10 Å². The Hall–Kier alpha value is -1.01. The van der Waals surface area contributed by atoms with Crippen molar-refractivity contribution in [3.05, 3.63) is 30.1 Å². The summed E-state index contributed by atoms with van der Waals surface area (Å²) in [5.74, 6) is 0.0624. The van der Waals surface area contributed by atoms with Crippen molar-refractivity contribution in [1.29, 1.82) is 0 Å². The molecule has 0 unspecified atom stereocenters. The molecule has 1 aliphatic rings. The highest BCUT2D eigenvalue weighted by Gasteiger charge is 2.32. The number of hydrogen-bond acceptors (Lipinski definition) is 5. The lowest BCUT2D eigenvalue weighted by Gasteiger charge is -2.33. The Kier molecular flexibility index (Phi) is 5.07. The average Bonchev–Trinajstić information content (AvgIpc) is 2.42. The summed E-state index contributed by atoms with van der Waals surface area (Å²) in [7, 11) is 1.60. The highest BCUT2D eigenvalue weighted by molar-refractivity contribution is 5.02. The van der Waals surface area contributed by atoms with Gasteiger partial charge in [0.05, 0.1) is 25.0 Å². The fourth-order valence-corrected chi connectivity index (χ4v) is 2.11. The van der Waals surface area contributed by atoms with Crippen LogP contribution in [0.2, 0.25) is 0 Å². The molecular weight excluding hydrogens is 232 g/mol. The molecule has 100 valence electrons. The molecule has 1 saturated heterocycles. The predicted molar refractivity (Wildman–Crippen MR) is 67.1 cm³/mol. The van der Waals surface area contributed by atoms with E-state index in [-0.39, 0.29) is 12.0 Å². The molecule has 1 aromatic heterocycles. The Morgan fingerprint density at radius 2 is 2.39 bits per heavy atom. The van der Waals surface area contributed by atoms with Crippen molar-refractivity contribution in [3.8, 4) is 0 Å². The number of aliphatic hydroxyl groups excluding tert-OH is 1. The summed E-state index contributed by atoms with van der Waals surface area (Å²) in [5.41, 5.74) is 0.993. The molecular formula is C13H20N2O3. The number of nitrogens with zero attached hydrogens (tertiary/aromatic N) is 1. The van der Waals surface area contributed by atoms with Crippen LogP contribution in [-0.2, 0) is 16.0 Å². The minimum absolute atomic E-state index is 0.0624. The molecule has 2 N–H and O–H groups in total. The van der Waals surface area contributed by atoms with Gasteiger partial charge in [-0.1, -0.05) is 6.07 Å². The van der Waals surface area contributed by atoms with Crippen LogP contribution in [-0.4, -0.2) is 49.2 Å². The van der Waals surface area contributed by atoms with Crippen LogP contribution in [0.1, 0.15) is 5.69 Å². The van der Waals surface area contributed by atoms with Crippen LogP contribution in [0, 0.1) is 5.92 Å². The van der Waals surface area contributed by atoms with Gasteiger partial charge in [-0.2, -0.15) is 0 Å². The number of hydrogen-bond donors (Lipinski definition) is 2. The minimum atomic E-state index is -0.472. The fraction of sp³-hybridized carbons (Fsp3) is 0.615. The van der Waals surface area contributed by atoms with Gasteiger partial charge in [0.25, 0.3) is 0 Å². The Morgan fingerprint density at radius 1 is 1.50 bits per heavy atom. The molecule has 0 aliphatic carbocycles. The van der Waals surface area contributed by atoms with Crippen molar-refractivity contribution < 1.29 is 14.6 Å². The maximum atomic E-state index is 10.1. The second-order valence-electron chi connectivity index (χ2n) is 4.51. The van der Waals surface area contributed by atoms with E-state index >= 15 is 0 Å². The van der Waals surface area contributed by atoms with Crippen LogP contribution in [0.4, 0.5) is 0 Å². The average molecular weight is 252 g/mol. The van der Waals surface area contributed by atoms with E-state index in [4.69, 9.17) is 9.47 Å². The first-order valence-corrected chi connectivity index (χ1v) is 6.20. The van der Waals surface area contributed by atoms with E-state index in [1.165, 1.54) is 0 Å². The van der Waals surface area contributed by atoms with E-state index in [0.29, 0.717) is 26.3 Å². The second kappa shape index (κ2) is 6.80. The summed E-state index contributed by atoms with van der Waals surface area (Å²) in [6, 6.07) is 5.83. The van der Waals surface area contributed by atoms with Gasteiger partial charge in [-0.25, -0.2) is 0 Å². The normalized spacial score (nSPS) is 28.2. The first-order valence-electron chi connectivity index (χ1n) is 6.20. The maximum Gasteiger partial charge on any atom is 0.107 e. The third kappa shape index (κ3) is 3.49. The van der Waals surface area contributed by atoms with Crippen LogP contribution in [0.25, 0.3) is 0 Å². The number of aliphatic hydroxyl groups is 1. The molecule has 2 rings (SSSR count). The van der Waals surface area contributed by atoms with E-state index in [1.54, 1.807) is 13.3 Å². The molecule has 0 amide bonds. The highest BCUT2D eigenvalue weighted by Crippen LogP contribution is 2.16. The summed E-state index contributed by atoms with van der Waals surface area (Å²) in [4.78, 5) is 4.23. The number of methoxy groups -OCH3 is 1. The van der Waals surface area contributed by atoms with Crippen molar-refractivity contribution in [1.82, 2.24) is 10.3 Å². The molecule has 1 aromatic rings. The van der Waals surface area contributed by atoms with Gasteiger partial charge < -0.3 is 19.9 Å². The molecule has 18 heavy (non-hydrogen) atoms. The van der Waals surface area contributed by atoms with Crippen molar-refractivity contribution in [3.63, 3.8) is 0 Å². The number of pyridine rings is 1. The van der Waals surface area contributed by atoms with E-state index in [1.807, 2.05) is 18.2 Å². The van der Waals surface area contributed by atoms with Gasteiger partial charge in [0.15, 0.2) is 0 Å². The van der Waals surface area contributed by atoms with Crippen LogP contribution in [0.5, 0.6) is 0 Å². The second-order valence-corrected chi connectivity index (χ2v) is 4.51. The van der Waals surface area contributed by atoms with E-state index in [0.717, 1.165) is 5.69 Å². The number of aromatic nitrogens is 1.